The Morgan fingerprint density at radius 2 is 1.90 bits per heavy atom. The maximum Gasteiger partial charge on any atom is 0.317 e. The normalized spacial score (nSPS) is 20.4. The molecule has 1 N–H and O–H groups in total. The molecule has 8 heteroatoms. The summed E-state index contributed by atoms with van der Waals surface area (Å²) in [4.78, 5) is 25.6. The van der Waals surface area contributed by atoms with E-state index in [1.54, 1.807) is 6.33 Å². The maximum absolute atomic E-state index is 12.6. The van der Waals surface area contributed by atoms with Gasteiger partial charge in [0.05, 0.1) is 17.5 Å². The van der Waals surface area contributed by atoms with Crippen LogP contribution in [0.2, 0.25) is 0 Å². The number of hydrogen-bond donors (Lipinski definition) is 1. The molecule has 0 spiro atoms. The first-order chi connectivity index (χ1) is 14.8. The lowest BCUT2D eigenvalue weighted by atomic mass is 10.1. The van der Waals surface area contributed by atoms with Gasteiger partial charge >= 0.3 is 6.03 Å². The van der Waals surface area contributed by atoms with Crippen LogP contribution in [0.1, 0.15) is 25.7 Å². The zero-order valence-corrected chi connectivity index (χ0v) is 17.3. The molecule has 2 saturated heterocycles. The Labute approximate surface area is 176 Å². The lowest BCUT2D eigenvalue weighted by molar-refractivity contribution is 0.0779. The van der Waals surface area contributed by atoms with Crippen LogP contribution in [0, 0.1) is 5.92 Å². The van der Waals surface area contributed by atoms with E-state index in [1.165, 1.54) is 12.8 Å². The van der Waals surface area contributed by atoms with Crippen LogP contribution in [0.25, 0.3) is 10.9 Å². The van der Waals surface area contributed by atoms with E-state index in [0.29, 0.717) is 24.9 Å². The number of nitrogens with one attached hydrogen (secondary N) is 1. The minimum absolute atomic E-state index is 0.0456. The molecule has 2 aromatic rings. The van der Waals surface area contributed by atoms with E-state index in [-0.39, 0.29) is 12.1 Å². The van der Waals surface area contributed by atoms with Gasteiger partial charge in [-0.15, -0.1) is 0 Å². The second kappa shape index (κ2) is 8.63. The molecule has 0 bridgehead atoms. The molecule has 0 unspecified atom stereocenters. The van der Waals surface area contributed by atoms with Gasteiger partial charge in [0.25, 0.3) is 0 Å². The average molecular weight is 412 g/mol. The molecule has 3 fully saturated rings. The number of anilines is 1. The highest BCUT2D eigenvalue weighted by atomic mass is 16.5. The molecular weight excluding hydrogens is 382 g/mol. The third-order valence-electron chi connectivity index (χ3n) is 6.22. The monoisotopic (exact) mass is 411 g/mol. The van der Waals surface area contributed by atoms with E-state index in [9.17, 15) is 4.79 Å². The van der Waals surface area contributed by atoms with Gasteiger partial charge in [-0.05, 0) is 49.8 Å². The SMILES string of the molecule is O=C(NC1CCOCC1)N1CCN(c2ccc3ncnc(OCC4CC4)c3c2)CC1. The fourth-order valence-corrected chi connectivity index (χ4v) is 4.09. The predicted octanol–water partition coefficient (Wildman–Crippen LogP) is 2.43. The van der Waals surface area contributed by atoms with E-state index in [2.05, 4.69) is 32.3 Å². The van der Waals surface area contributed by atoms with Gasteiger partial charge in [-0.2, -0.15) is 0 Å². The molecule has 5 rings (SSSR count). The zero-order chi connectivity index (χ0) is 20.3. The van der Waals surface area contributed by atoms with Crippen LogP contribution in [0.5, 0.6) is 5.88 Å². The van der Waals surface area contributed by atoms with Gasteiger partial charge in [0.15, 0.2) is 0 Å². The largest absolute Gasteiger partial charge is 0.477 e. The Bertz CT molecular complexity index is 889. The van der Waals surface area contributed by atoms with Crippen molar-refractivity contribution < 1.29 is 14.3 Å². The molecule has 3 aliphatic rings. The molecule has 30 heavy (non-hydrogen) atoms. The topological polar surface area (TPSA) is 79.8 Å². The molecule has 1 saturated carbocycles. The first-order valence-corrected chi connectivity index (χ1v) is 11.0. The number of amides is 2. The van der Waals surface area contributed by atoms with Crippen LogP contribution >= 0.6 is 0 Å². The van der Waals surface area contributed by atoms with E-state index < -0.39 is 0 Å². The second-order valence-electron chi connectivity index (χ2n) is 8.44. The number of fused-ring (bicyclic) bond motifs is 1. The van der Waals surface area contributed by atoms with Crippen molar-refractivity contribution in [3.05, 3.63) is 24.5 Å². The van der Waals surface area contributed by atoms with Crippen LogP contribution in [0.15, 0.2) is 24.5 Å². The molecule has 1 aromatic heterocycles. The van der Waals surface area contributed by atoms with Gasteiger partial charge in [-0.25, -0.2) is 14.8 Å². The van der Waals surface area contributed by atoms with Gasteiger partial charge < -0.3 is 24.6 Å². The van der Waals surface area contributed by atoms with Crippen LogP contribution in [-0.4, -0.2) is 72.9 Å². The summed E-state index contributed by atoms with van der Waals surface area (Å²) in [5.74, 6) is 1.35. The van der Waals surface area contributed by atoms with Crippen LogP contribution in [0.3, 0.4) is 0 Å². The highest BCUT2D eigenvalue weighted by molar-refractivity contribution is 5.86. The molecule has 1 aliphatic carbocycles. The average Bonchev–Trinajstić information content (AvgIpc) is 3.63. The summed E-state index contributed by atoms with van der Waals surface area (Å²) in [5.41, 5.74) is 2.02. The fraction of sp³-hybridized carbons (Fsp3) is 0.591. The Morgan fingerprint density at radius 3 is 2.67 bits per heavy atom. The molecule has 0 radical (unpaired) electrons. The molecule has 160 valence electrons. The van der Waals surface area contributed by atoms with Crippen molar-refractivity contribution in [2.45, 2.75) is 31.7 Å². The summed E-state index contributed by atoms with van der Waals surface area (Å²) in [6.07, 6.45) is 5.87. The summed E-state index contributed by atoms with van der Waals surface area (Å²) in [6.45, 7) is 5.23. The van der Waals surface area contributed by atoms with Crippen molar-refractivity contribution in [2.24, 2.45) is 5.92 Å². The van der Waals surface area contributed by atoms with Crippen molar-refractivity contribution >= 4 is 22.6 Å². The van der Waals surface area contributed by atoms with Gasteiger partial charge in [0.2, 0.25) is 5.88 Å². The molecule has 1 aromatic carbocycles. The van der Waals surface area contributed by atoms with Gasteiger partial charge in [0.1, 0.15) is 6.33 Å². The Balaban J connectivity index is 1.22. The lowest BCUT2D eigenvalue weighted by Crippen LogP contribution is -2.54. The summed E-state index contributed by atoms with van der Waals surface area (Å²) < 4.78 is 11.3. The van der Waals surface area contributed by atoms with E-state index in [1.807, 2.05) is 11.0 Å². The third-order valence-corrected chi connectivity index (χ3v) is 6.22. The molecular formula is C22H29N5O3. The minimum atomic E-state index is 0.0456. The Morgan fingerprint density at radius 1 is 1.10 bits per heavy atom. The minimum Gasteiger partial charge on any atom is -0.477 e. The fourth-order valence-electron chi connectivity index (χ4n) is 4.09. The Hall–Kier alpha value is -2.61. The smallest absolute Gasteiger partial charge is 0.317 e. The number of nitrogens with zero attached hydrogens (tertiary/aromatic N) is 4. The zero-order valence-electron chi connectivity index (χ0n) is 17.3. The number of rotatable bonds is 5. The maximum atomic E-state index is 12.6. The van der Waals surface area contributed by atoms with Gasteiger partial charge in [0, 0.05) is 51.1 Å². The van der Waals surface area contributed by atoms with Crippen LogP contribution in [0.4, 0.5) is 10.5 Å². The number of urea groups is 1. The van der Waals surface area contributed by atoms with Gasteiger partial charge in [-0.1, -0.05) is 0 Å². The number of carbonyl (C=O) groups excluding carboxylic acids is 1. The van der Waals surface area contributed by atoms with Crippen molar-refractivity contribution in [1.82, 2.24) is 20.2 Å². The van der Waals surface area contributed by atoms with Crippen molar-refractivity contribution in [3.63, 3.8) is 0 Å². The predicted molar refractivity (Wildman–Crippen MR) is 114 cm³/mol. The van der Waals surface area contributed by atoms with Crippen LogP contribution in [-0.2, 0) is 4.74 Å². The van der Waals surface area contributed by atoms with Crippen molar-refractivity contribution in [1.29, 1.82) is 0 Å². The van der Waals surface area contributed by atoms with Crippen molar-refractivity contribution in [2.75, 3.05) is 50.9 Å². The number of hydrogen-bond acceptors (Lipinski definition) is 6. The molecule has 0 atom stereocenters. The first kappa shape index (κ1) is 19.4. The van der Waals surface area contributed by atoms with E-state index in [4.69, 9.17) is 9.47 Å². The standard InChI is InChI=1S/C22H29N5O3/c28-22(25-17-5-11-29-12-6-17)27-9-7-26(8-10-27)18-3-4-20-19(13-18)21(24-15-23-20)30-14-16-1-2-16/h3-4,13,15-17H,1-2,5-12,14H2,(H,25,28). The highest BCUT2D eigenvalue weighted by Gasteiger charge is 2.25. The number of piperazine rings is 1. The molecule has 2 amide bonds. The van der Waals surface area contributed by atoms with Crippen molar-refractivity contribution in [3.8, 4) is 5.88 Å². The first-order valence-electron chi connectivity index (χ1n) is 11.0. The van der Waals surface area contributed by atoms with E-state index in [0.717, 1.165) is 62.3 Å². The second-order valence-corrected chi connectivity index (χ2v) is 8.44. The number of carbonyl (C=O) groups is 1. The summed E-state index contributed by atoms with van der Waals surface area (Å²) in [6, 6.07) is 6.52. The number of ether oxygens (including phenoxy) is 2. The highest BCUT2D eigenvalue weighted by Crippen LogP contribution is 2.32. The Kier molecular flexibility index (Phi) is 5.57. The third kappa shape index (κ3) is 4.43. The van der Waals surface area contributed by atoms with Crippen LogP contribution < -0.4 is 15.0 Å². The summed E-state index contributed by atoms with van der Waals surface area (Å²) in [7, 11) is 0. The molecule has 3 heterocycles. The lowest BCUT2D eigenvalue weighted by Gasteiger charge is -2.37. The van der Waals surface area contributed by atoms with Gasteiger partial charge in [-0.3, -0.25) is 0 Å². The quantitative estimate of drug-likeness (QED) is 0.814. The van der Waals surface area contributed by atoms with E-state index >= 15 is 0 Å². The number of benzene rings is 1. The molecule has 8 nitrogen and oxygen atoms in total. The number of aromatic nitrogens is 2. The summed E-state index contributed by atoms with van der Waals surface area (Å²) >= 11 is 0. The summed E-state index contributed by atoms with van der Waals surface area (Å²) in [5, 5.41) is 4.11. The molecule has 2 aliphatic heterocycles.